The molecule has 0 spiro atoms. The molecule has 30 heavy (non-hydrogen) atoms. The van der Waals surface area contributed by atoms with Crippen LogP contribution in [0.25, 0.3) is 5.69 Å². The molecule has 1 aliphatic rings. The molecule has 1 aromatic heterocycles. The smallest absolute Gasteiger partial charge is 0.370 e. The lowest BCUT2D eigenvalue weighted by Gasteiger charge is -2.23. The number of alkyl halides is 3. The van der Waals surface area contributed by atoms with Crippen LogP contribution >= 0.6 is 0 Å². The summed E-state index contributed by atoms with van der Waals surface area (Å²) in [7, 11) is 0. The van der Waals surface area contributed by atoms with Crippen molar-refractivity contribution in [1.82, 2.24) is 9.78 Å². The van der Waals surface area contributed by atoms with Crippen LogP contribution in [-0.2, 0) is 6.18 Å². The van der Waals surface area contributed by atoms with Gasteiger partial charge in [0.1, 0.15) is 0 Å². The van der Waals surface area contributed by atoms with E-state index in [4.69, 9.17) is 0 Å². The summed E-state index contributed by atoms with van der Waals surface area (Å²) in [6.07, 6.45) is -1.12. The van der Waals surface area contributed by atoms with Gasteiger partial charge in [0.2, 0.25) is 0 Å². The molecule has 8 heteroatoms. The van der Waals surface area contributed by atoms with Crippen molar-refractivity contribution in [2.24, 2.45) is 0 Å². The maximum atomic E-state index is 13.3. The lowest BCUT2D eigenvalue weighted by molar-refractivity contribution is -0.137. The van der Waals surface area contributed by atoms with Crippen LogP contribution in [0, 0.1) is 6.92 Å². The number of amides is 1. The van der Waals surface area contributed by atoms with Gasteiger partial charge in [-0.05, 0) is 50.1 Å². The summed E-state index contributed by atoms with van der Waals surface area (Å²) in [5, 5.41) is 6.96. The van der Waals surface area contributed by atoms with Gasteiger partial charge in [-0.1, -0.05) is 18.2 Å². The molecule has 0 radical (unpaired) electrons. The van der Waals surface area contributed by atoms with Gasteiger partial charge in [0.05, 0.1) is 40.1 Å². The molecule has 156 valence electrons. The lowest BCUT2D eigenvalue weighted by atomic mass is 10.1. The minimum Gasteiger partial charge on any atom is -0.370 e. The van der Waals surface area contributed by atoms with E-state index < -0.39 is 17.6 Å². The summed E-state index contributed by atoms with van der Waals surface area (Å²) in [5.41, 5.74) is 1.67. The topological polar surface area (TPSA) is 50.2 Å². The largest absolute Gasteiger partial charge is 0.416 e. The summed E-state index contributed by atoms with van der Waals surface area (Å²) < 4.78 is 41.4. The van der Waals surface area contributed by atoms with E-state index in [0.29, 0.717) is 16.9 Å². The minimum absolute atomic E-state index is 0.156. The second-order valence-corrected chi connectivity index (χ2v) is 7.27. The zero-order valence-electron chi connectivity index (χ0n) is 16.4. The molecular weight excluding hydrogens is 393 g/mol. The average Bonchev–Trinajstić information content (AvgIpc) is 3.38. The Labute approximate surface area is 172 Å². The van der Waals surface area contributed by atoms with E-state index in [2.05, 4.69) is 10.4 Å². The Balaban J connectivity index is 1.66. The van der Waals surface area contributed by atoms with Crippen LogP contribution in [-0.4, -0.2) is 28.8 Å². The molecule has 0 aliphatic carbocycles. The zero-order chi connectivity index (χ0) is 21.3. The molecule has 1 fully saturated rings. The number of halogens is 3. The quantitative estimate of drug-likeness (QED) is 0.650. The SMILES string of the molecule is Cc1c(C(=O)Nc2cc(C(F)(F)F)ccc2N2CCCC2)cnn1-c1ccccc1. The minimum atomic E-state index is -4.49. The molecule has 4 rings (SSSR count). The average molecular weight is 414 g/mol. The van der Waals surface area contributed by atoms with Crippen LogP contribution in [0.2, 0.25) is 0 Å². The van der Waals surface area contributed by atoms with Crippen LogP contribution in [0.1, 0.15) is 34.5 Å². The Hall–Kier alpha value is -3.29. The Bertz CT molecular complexity index is 1050. The van der Waals surface area contributed by atoms with Gasteiger partial charge in [-0.2, -0.15) is 18.3 Å². The predicted octanol–water partition coefficient (Wildman–Crippen LogP) is 5.05. The van der Waals surface area contributed by atoms with Crippen molar-refractivity contribution >= 4 is 17.3 Å². The Morgan fingerprint density at radius 2 is 1.77 bits per heavy atom. The molecular formula is C22H21F3N4O. The Morgan fingerprint density at radius 3 is 2.43 bits per heavy atom. The van der Waals surface area contributed by atoms with Crippen molar-refractivity contribution in [2.75, 3.05) is 23.3 Å². The molecule has 1 aliphatic heterocycles. The molecule has 1 N–H and O–H groups in total. The fourth-order valence-corrected chi connectivity index (χ4v) is 3.70. The Kier molecular flexibility index (Phi) is 5.24. The second-order valence-electron chi connectivity index (χ2n) is 7.27. The van der Waals surface area contributed by atoms with Gasteiger partial charge in [0, 0.05) is 13.1 Å². The van der Waals surface area contributed by atoms with Crippen LogP contribution in [0.4, 0.5) is 24.5 Å². The number of para-hydroxylation sites is 1. The highest BCUT2D eigenvalue weighted by Gasteiger charge is 2.32. The monoisotopic (exact) mass is 414 g/mol. The molecule has 2 aromatic carbocycles. The van der Waals surface area contributed by atoms with Crippen molar-refractivity contribution in [3.8, 4) is 5.69 Å². The van der Waals surface area contributed by atoms with E-state index in [1.807, 2.05) is 35.2 Å². The summed E-state index contributed by atoms with van der Waals surface area (Å²) in [4.78, 5) is 14.9. The molecule has 3 aromatic rings. The molecule has 2 heterocycles. The summed E-state index contributed by atoms with van der Waals surface area (Å²) in [5.74, 6) is -0.491. The number of anilines is 2. The number of hydrogen-bond donors (Lipinski definition) is 1. The molecule has 0 bridgehead atoms. The van der Waals surface area contributed by atoms with Gasteiger partial charge in [0.25, 0.3) is 5.91 Å². The first-order valence-electron chi connectivity index (χ1n) is 9.72. The van der Waals surface area contributed by atoms with Gasteiger partial charge in [0.15, 0.2) is 0 Å². The van der Waals surface area contributed by atoms with Crippen molar-refractivity contribution in [3.05, 3.63) is 71.5 Å². The second kappa shape index (κ2) is 7.85. The third kappa shape index (κ3) is 3.90. The van der Waals surface area contributed by atoms with Crippen molar-refractivity contribution < 1.29 is 18.0 Å². The number of benzene rings is 2. The maximum Gasteiger partial charge on any atom is 0.416 e. The highest BCUT2D eigenvalue weighted by atomic mass is 19.4. The summed E-state index contributed by atoms with van der Waals surface area (Å²) in [6, 6.07) is 12.8. The van der Waals surface area contributed by atoms with Crippen LogP contribution in [0.3, 0.4) is 0 Å². The van der Waals surface area contributed by atoms with Gasteiger partial charge >= 0.3 is 6.18 Å². The highest BCUT2D eigenvalue weighted by molar-refractivity contribution is 6.06. The van der Waals surface area contributed by atoms with E-state index in [0.717, 1.165) is 43.8 Å². The molecule has 0 unspecified atom stereocenters. The normalized spacial score (nSPS) is 14.2. The Morgan fingerprint density at radius 1 is 1.07 bits per heavy atom. The highest BCUT2D eigenvalue weighted by Crippen LogP contribution is 2.36. The van der Waals surface area contributed by atoms with Gasteiger partial charge in [-0.15, -0.1) is 0 Å². The van der Waals surface area contributed by atoms with E-state index >= 15 is 0 Å². The summed E-state index contributed by atoms with van der Waals surface area (Å²) in [6.45, 7) is 3.25. The van der Waals surface area contributed by atoms with Gasteiger partial charge < -0.3 is 10.2 Å². The molecule has 1 saturated heterocycles. The van der Waals surface area contributed by atoms with E-state index in [9.17, 15) is 18.0 Å². The van der Waals surface area contributed by atoms with Crippen molar-refractivity contribution in [3.63, 3.8) is 0 Å². The van der Waals surface area contributed by atoms with Crippen molar-refractivity contribution in [2.45, 2.75) is 25.9 Å². The standard InChI is InChI=1S/C22H21F3N4O/c1-15-18(14-26-29(15)17-7-3-2-4-8-17)21(30)27-19-13-16(22(23,24)25)9-10-20(19)28-11-5-6-12-28/h2-4,7-10,13-14H,5-6,11-12H2,1H3,(H,27,30). The first-order valence-corrected chi connectivity index (χ1v) is 9.72. The third-order valence-electron chi connectivity index (χ3n) is 5.27. The number of nitrogens with one attached hydrogen (secondary N) is 1. The molecule has 5 nitrogen and oxygen atoms in total. The zero-order valence-corrected chi connectivity index (χ0v) is 16.4. The maximum absolute atomic E-state index is 13.3. The third-order valence-corrected chi connectivity index (χ3v) is 5.27. The molecule has 0 saturated carbocycles. The van der Waals surface area contributed by atoms with Gasteiger partial charge in [-0.3, -0.25) is 4.79 Å². The number of rotatable bonds is 4. The van der Waals surface area contributed by atoms with Crippen LogP contribution < -0.4 is 10.2 Å². The number of carbonyl (C=O) groups excluding carboxylic acids is 1. The fourth-order valence-electron chi connectivity index (χ4n) is 3.70. The summed E-state index contributed by atoms with van der Waals surface area (Å²) >= 11 is 0. The van der Waals surface area contributed by atoms with Gasteiger partial charge in [-0.25, -0.2) is 4.68 Å². The molecule has 1 amide bonds. The number of carbonyl (C=O) groups is 1. The van der Waals surface area contributed by atoms with E-state index in [1.54, 1.807) is 11.6 Å². The van der Waals surface area contributed by atoms with Crippen LogP contribution in [0.15, 0.2) is 54.7 Å². The molecule has 0 atom stereocenters. The van der Waals surface area contributed by atoms with E-state index in [1.165, 1.54) is 12.3 Å². The fraction of sp³-hybridized carbons (Fsp3) is 0.273. The number of nitrogens with zero attached hydrogens (tertiary/aromatic N) is 3. The van der Waals surface area contributed by atoms with Crippen LogP contribution in [0.5, 0.6) is 0 Å². The first kappa shape index (κ1) is 20.0. The van der Waals surface area contributed by atoms with E-state index in [-0.39, 0.29) is 5.69 Å². The number of aromatic nitrogens is 2. The number of hydrogen-bond acceptors (Lipinski definition) is 3. The predicted molar refractivity (Wildman–Crippen MR) is 109 cm³/mol. The lowest BCUT2D eigenvalue weighted by Crippen LogP contribution is -2.22. The first-order chi connectivity index (χ1) is 14.3. The van der Waals surface area contributed by atoms with Crippen molar-refractivity contribution in [1.29, 1.82) is 0 Å².